The molecule has 152 valence electrons. The van der Waals surface area contributed by atoms with Gasteiger partial charge in [-0.25, -0.2) is 4.79 Å². The van der Waals surface area contributed by atoms with Crippen LogP contribution in [0.4, 0.5) is 4.79 Å². The summed E-state index contributed by atoms with van der Waals surface area (Å²) in [6.07, 6.45) is -0.354. The van der Waals surface area contributed by atoms with Gasteiger partial charge in [0.2, 0.25) is 5.91 Å². The van der Waals surface area contributed by atoms with E-state index in [-0.39, 0.29) is 31.4 Å². The highest BCUT2D eigenvalue weighted by molar-refractivity contribution is 5.85. The normalized spacial score (nSPS) is 13.1. The van der Waals surface area contributed by atoms with Gasteiger partial charge in [0.05, 0.1) is 0 Å². The van der Waals surface area contributed by atoms with E-state index in [1.165, 1.54) is 0 Å². The molecule has 2 aromatic rings. The van der Waals surface area contributed by atoms with Gasteiger partial charge in [-0.05, 0) is 35.6 Å². The van der Waals surface area contributed by atoms with Gasteiger partial charge in [-0.15, -0.1) is 0 Å². The van der Waals surface area contributed by atoms with Crippen molar-refractivity contribution in [2.45, 2.75) is 31.7 Å². The van der Waals surface area contributed by atoms with Gasteiger partial charge in [-0.1, -0.05) is 48.5 Å². The third-order valence-electron chi connectivity index (χ3n) is 4.94. The molecule has 0 saturated carbocycles. The summed E-state index contributed by atoms with van der Waals surface area (Å²) >= 11 is 0. The highest BCUT2D eigenvalue weighted by Gasteiger charge is 2.29. The lowest BCUT2D eigenvalue weighted by atomic mass is 9.98. The van der Waals surface area contributed by atoms with Crippen LogP contribution in [-0.4, -0.2) is 42.3 Å². The van der Waals surface area contributed by atoms with Crippen molar-refractivity contribution in [3.63, 3.8) is 0 Å². The fraction of sp³-hybridized carbons (Fsp3) is 0.318. The third kappa shape index (κ3) is 4.93. The van der Waals surface area contributed by atoms with Crippen LogP contribution >= 0.6 is 0 Å². The molecule has 0 aliphatic heterocycles. The number of amides is 2. The van der Waals surface area contributed by atoms with E-state index in [2.05, 4.69) is 22.8 Å². The van der Waals surface area contributed by atoms with E-state index in [4.69, 9.17) is 9.84 Å². The van der Waals surface area contributed by atoms with Crippen molar-refractivity contribution >= 4 is 18.0 Å². The van der Waals surface area contributed by atoms with Crippen LogP contribution in [0.5, 0.6) is 0 Å². The molecule has 1 atom stereocenters. The number of fused-ring (bicyclic) bond motifs is 3. The molecule has 0 radical (unpaired) electrons. The summed E-state index contributed by atoms with van der Waals surface area (Å²) < 4.78 is 5.41. The summed E-state index contributed by atoms with van der Waals surface area (Å²) in [7, 11) is 0. The van der Waals surface area contributed by atoms with Gasteiger partial charge in [0.1, 0.15) is 12.6 Å². The van der Waals surface area contributed by atoms with E-state index < -0.39 is 18.1 Å². The first-order valence-electron chi connectivity index (χ1n) is 9.58. The fourth-order valence-corrected chi connectivity index (χ4v) is 3.49. The number of hydrogen-bond acceptors (Lipinski definition) is 4. The van der Waals surface area contributed by atoms with E-state index in [0.717, 1.165) is 22.3 Å². The van der Waals surface area contributed by atoms with E-state index in [1.54, 1.807) is 6.92 Å². The Morgan fingerprint density at radius 3 is 2.21 bits per heavy atom. The number of carboxylic acid groups (broad SMARTS) is 1. The van der Waals surface area contributed by atoms with Crippen molar-refractivity contribution in [2.24, 2.45) is 0 Å². The van der Waals surface area contributed by atoms with Crippen molar-refractivity contribution < 1.29 is 24.2 Å². The van der Waals surface area contributed by atoms with E-state index >= 15 is 0 Å². The van der Waals surface area contributed by atoms with Crippen LogP contribution in [0.25, 0.3) is 11.1 Å². The van der Waals surface area contributed by atoms with Crippen LogP contribution in [0.3, 0.4) is 0 Å². The summed E-state index contributed by atoms with van der Waals surface area (Å²) in [5.74, 6) is -1.35. The predicted octanol–water partition coefficient (Wildman–Crippen LogP) is 2.89. The largest absolute Gasteiger partial charge is 0.481 e. The topological polar surface area (TPSA) is 105 Å². The van der Waals surface area contributed by atoms with Gasteiger partial charge in [-0.2, -0.15) is 0 Å². The summed E-state index contributed by atoms with van der Waals surface area (Å²) in [6.45, 7) is 1.96. The minimum absolute atomic E-state index is 0.0194. The van der Waals surface area contributed by atoms with Gasteiger partial charge in [0.15, 0.2) is 0 Å². The molecule has 0 heterocycles. The van der Waals surface area contributed by atoms with Crippen LogP contribution in [0.1, 0.15) is 36.8 Å². The highest BCUT2D eigenvalue weighted by Crippen LogP contribution is 2.44. The van der Waals surface area contributed by atoms with Gasteiger partial charge in [-0.3, -0.25) is 9.59 Å². The molecular weight excluding hydrogens is 372 g/mol. The number of benzene rings is 2. The molecule has 7 nitrogen and oxygen atoms in total. The number of rotatable bonds is 8. The maximum Gasteiger partial charge on any atom is 0.407 e. The quantitative estimate of drug-likeness (QED) is 0.595. The number of nitrogens with one attached hydrogen (secondary N) is 2. The molecule has 1 aliphatic rings. The Balaban J connectivity index is 1.52. The minimum Gasteiger partial charge on any atom is -0.481 e. The minimum atomic E-state index is -0.913. The molecule has 3 N–H and O–H groups in total. The Morgan fingerprint density at radius 1 is 1.03 bits per heavy atom. The second-order valence-corrected chi connectivity index (χ2v) is 6.98. The van der Waals surface area contributed by atoms with Crippen LogP contribution in [0, 0.1) is 0 Å². The molecule has 0 aromatic heterocycles. The van der Waals surface area contributed by atoms with E-state index in [9.17, 15) is 14.4 Å². The van der Waals surface area contributed by atoms with Crippen LogP contribution < -0.4 is 10.6 Å². The van der Waals surface area contributed by atoms with Crippen molar-refractivity contribution in [1.82, 2.24) is 10.6 Å². The van der Waals surface area contributed by atoms with Crippen LogP contribution in [-0.2, 0) is 14.3 Å². The van der Waals surface area contributed by atoms with E-state index in [0.29, 0.717) is 6.42 Å². The number of alkyl carbamates (subject to hydrolysis) is 1. The van der Waals surface area contributed by atoms with Crippen LogP contribution in [0.2, 0.25) is 0 Å². The van der Waals surface area contributed by atoms with Gasteiger partial charge >= 0.3 is 12.1 Å². The zero-order chi connectivity index (χ0) is 20.8. The molecule has 29 heavy (non-hydrogen) atoms. The Hall–Kier alpha value is -3.35. The molecule has 0 unspecified atom stereocenters. The van der Waals surface area contributed by atoms with Gasteiger partial charge < -0.3 is 20.5 Å². The molecule has 7 heteroatoms. The lowest BCUT2D eigenvalue weighted by molar-refractivity contribution is -0.137. The van der Waals surface area contributed by atoms with Crippen molar-refractivity contribution in [1.29, 1.82) is 0 Å². The summed E-state index contributed by atoms with van der Waals surface area (Å²) in [5, 5.41) is 13.7. The lowest BCUT2D eigenvalue weighted by Gasteiger charge is -2.17. The number of carbonyl (C=O) groups excluding carboxylic acids is 2. The fourth-order valence-electron chi connectivity index (χ4n) is 3.49. The van der Waals surface area contributed by atoms with Gasteiger partial charge in [0.25, 0.3) is 0 Å². The molecule has 0 saturated heterocycles. The first kappa shape index (κ1) is 20.4. The van der Waals surface area contributed by atoms with Crippen molar-refractivity contribution in [2.75, 3.05) is 13.2 Å². The number of carboxylic acids is 1. The number of aliphatic carboxylic acids is 1. The molecule has 0 spiro atoms. The zero-order valence-electron chi connectivity index (χ0n) is 16.2. The molecule has 0 fully saturated rings. The average molecular weight is 396 g/mol. The zero-order valence-corrected chi connectivity index (χ0v) is 16.2. The number of hydrogen-bond donors (Lipinski definition) is 3. The standard InChI is InChI=1S/C22H24N2O5/c1-14(21(27)23-12-6-11-20(25)26)24-22(28)29-13-19-17-9-4-2-7-15(17)16-8-3-5-10-18(16)19/h2-5,7-10,14,19H,6,11-13H2,1H3,(H,23,27)(H,24,28)(H,25,26)/t14-/m1/s1. The number of ether oxygens (including phenoxy) is 1. The second-order valence-electron chi connectivity index (χ2n) is 6.98. The monoisotopic (exact) mass is 396 g/mol. The Bertz CT molecular complexity index is 866. The molecule has 3 rings (SSSR count). The highest BCUT2D eigenvalue weighted by atomic mass is 16.5. The Morgan fingerprint density at radius 2 is 1.62 bits per heavy atom. The molecule has 1 aliphatic carbocycles. The SMILES string of the molecule is C[C@@H](NC(=O)OCC1c2ccccc2-c2ccccc21)C(=O)NCCCC(=O)O. The Kier molecular flexibility index (Phi) is 6.49. The molecular formula is C22H24N2O5. The maximum absolute atomic E-state index is 12.2. The van der Waals surface area contributed by atoms with Crippen molar-refractivity contribution in [3.05, 3.63) is 59.7 Å². The molecule has 0 bridgehead atoms. The molecule has 2 aromatic carbocycles. The smallest absolute Gasteiger partial charge is 0.407 e. The molecule has 2 amide bonds. The number of carbonyl (C=O) groups is 3. The first-order valence-corrected chi connectivity index (χ1v) is 9.58. The Labute approximate surface area is 169 Å². The van der Waals surface area contributed by atoms with Gasteiger partial charge in [0, 0.05) is 18.9 Å². The first-order chi connectivity index (χ1) is 14.0. The van der Waals surface area contributed by atoms with E-state index in [1.807, 2.05) is 36.4 Å². The third-order valence-corrected chi connectivity index (χ3v) is 4.94. The summed E-state index contributed by atoms with van der Waals surface area (Å²) in [6, 6.07) is 15.3. The summed E-state index contributed by atoms with van der Waals surface area (Å²) in [4.78, 5) is 34.6. The lowest BCUT2D eigenvalue weighted by Crippen LogP contribution is -2.45. The maximum atomic E-state index is 12.2. The van der Waals surface area contributed by atoms with Crippen LogP contribution in [0.15, 0.2) is 48.5 Å². The summed E-state index contributed by atoms with van der Waals surface area (Å²) in [5.41, 5.74) is 4.52. The van der Waals surface area contributed by atoms with Crippen molar-refractivity contribution in [3.8, 4) is 11.1 Å². The second kappa shape index (κ2) is 9.23. The predicted molar refractivity (Wildman–Crippen MR) is 108 cm³/mol. The average Bonchev–Trinajstić information content (AvgIpc) is 3.03.